The first-order chi connectivity index (χ1) is 15.2. The van der Waals surface area contributed by atoms with Crippen LogP contribution in [0.25, 0.3) is 39.0 Å². The van der Waals surface area contributed by atoms with Gasteiger partial charge >= 0.3 is 0 Å². The average molecular weight is 463 g/mol. The van der Waals surface area contributed by atoms with E-state index in [2.05, 4.69) is 120 Å². The number of allylic oxidation sites excluding steroid dienone is 4. The van der Waals surface area contributed by atoms with Gasteiger partial charge in [-0.1, -0.05) is 120 Å². The molecule has 0 atom stereocenters. The van der Waals surface area contributed by atoms with Crippen molar-refractivity contribution in [3.05, 3.63) is 138 Å². The Morgan fingerprint density at radius 3 is 1.90 bits per heavy atom. The minimum atomic E-state index is 1.04. The fraction of sp³-hybridized carbons (Fsp3) is 0. The van der Waals surface area contributed by atoms with Gasteiger partial charge in [-0.15, -0.1) is 0 Å². The van der Waals surface area contributed by atoms with Gasteiger partial charge in [-0.2, -0.15) is 0 Å². The quantitative estimate of drug-likeness (QED) is 0.250. The molecule has 4 aromatic carbocycles. The zero-order chi connectivity index (χ0) is 21.6. The van der Waals surface area contributed by atoms with Crippen molar-refractivity contribution in [3.63, 3.8) is 0 Å². The molecule has 0 aliphatic rings. The molecule has 0 aliphatic heterocycles. The highest BCUT2D eigenvalue weighted by atomic mass is 79.9. The fourth-order valence-corrected chi connectivity index (χ4v) is 4.26. The second-order valence-electron chi connectivity index (χ2n) is 7.25. The Bertz CT molecular complexity index is 1250. The van der Waals surface area contributed by atoms with Crippen LogP contribution in [0.1, 0.15) is 5.56 Å². The van der Waals surface area contributed by atoms with E-state index in [0.717, 1.165) is 21.2 Å². The lowest BCUT2D eigenvalue weighted by Crippen LogP contribution is -1.95. The van der Waals surface area contributed by atoms with E-state index in [9.17, 15) is 0 Å². The van der Waals surface area contributed by atoms with Crippen LogP contribution in [-0.2, 0) is 0 Å². The standard InChI is InChI=1S/C30H23Br/c1-3-12-22(4-2)28-20-26(23-13-7-5-8-14-23)21-29(24-15-9-6-10-16-24)30(28)25-17-11-18-27(31)19-25/h3-21H,1-2H2/b22-12+. The second kappa shape index (κ2) is 9.59. The van der Waals surface area contributed by atoms with Gasteiger partial charge < -0.3 is 0 Å². The lowest BCUT2D eigenvalue weighted by Gasteiger charge is -2.19. The van der Waals surface area contributed by atoms with Gasteiger partial charge in [0.1, 0.15) is 0 Å². The average Bonchev–Trinajstić information content (AvgIpc) is 2.83. The second-order valence-corrected chi connectivity index (χ2v) is 8.17. The summed E-state index contributed by atoms with van der Waals surface area (Å²) in [7, 11) is 0. The molecular formula is C30H23Br. The van der Waals surface area contributed by atoms with Gasteiger partial charge in [0.15, 0.2) is 0 Å². The molecule has 0 aliphatic carbocycles. The Balaban J connectivity index is 2.13. The highest BCUT2D eigenvalue weighted by Crippen LogP contribution is 2.42. The maximum Gasteiger partial charge on any atom is 0.0181 e. The van der Waals surface area contributed by atoms with Crippen molar-refractivity contribution >= 4 is 21.5 Å². The van der Waals surface area contributed by atoms with Crippen LogP contribution in [-0.4, -0.2) is 0 Å². The summed E-state index contributed by atoms with van der Waals surface area (Å²) in [5, 5.41) is 0. The molecule has 0 saturated carbocycles. The third kappa shape index (κ3) is 4.52. The molecule has 1 heteroatoms. The molecular weight excluding hydrogens is 440 g/mol. The van der Waals surface area contributed by atoms with Crippen molar-refractivity contribution < 1.29 is 0 Å². The van der Waals surface area contributed by atoms with E-state index in [1.54, 1.807) is 0 Å². The van der Waals surface area contributed by atoms with E-state index in [1.165, 1.54) is 27.8 Å². The molecule has 150 valence electrons. The van der Waals surface area contributed by atoms with Crippen LogP contribution in [0.3, 0.4) is 0 Å². The van der Waals surface area contributed by atoms with Gasteiger partial charge in [-0.25, -0.2) is 0 Å². The van der Waals surface area contributed by atoms with Gasteiger partial charge in [0.25, 0.3) is 0 Å². The Kier molecular flexibility index (Phi) is 6.45. The minimum absolute atomic E-state index is 1.04. The number of halogens is 1. The summed E-state index contributed by atoms with van der Waals surface area (Å²) in [4.78, 5) is 0. The summed E-state index contributed by atoms with van der Waals surface area (Å²) >= 11 is 3.65. The van der Waals surface area contributed by atoms with Crippen LogP contribution in [0.2, 0.25) is 0 Å². The zero-order valence-electron chi connectivity index (χ0n) is 17.3. The van der Waals surface area contributed by atoms with Crippen LogP contribution in [0.4, 0.5) is 0 Å². The first-order valence-electron chi connectivity index (χ1n) is 10.2. The van der Waals surface area contributed by atoms with Crippen LogP contribution >= 0.6 is 15.9 Å². The van der Waals surface area contributed by atoms with Crippen LogP contribution in [0, 0.1) is 0 Å². The zero-order valence-corrected chi connectivity index (χ0v) is 18.8. The summed E-state index contributed by atoms with van der Waals surface area (Å²) in [5.41, 5.74) is 9.23. The SMILES string of the molecule is C=C/C=C(\C=C)c1cc(-c2ccccc2)cc(-c2ccccc2)c1-c1cccc(Br)c1. The largest absolute Gasteiger partial charge is 0.0990 e. The van der Waals surface area contributed by atoms with E-state index >= 15 is 0 Å². The fourth-order valence-electron chi connectivity index (χ4n) is 3.86. The van der Waals surface area contributed by atoms with E-state index < -0.39 is 0 Å². The van der Waals surface area contributed by atoms with Crippen LogP contribution in [0.5, 0.6) is 0 Å². The third-order valence-electron chi connectivity index (χ3n) is 5.27. The molecule has 31 heavy (non-hydrogen) atoms. The van der Waals surface area contributed by atoms with Gasteiger partial charge in [-0.05, 0) is 68.8 Å². The van der Waals surface area contributed by atoms with Crippen LogP contribution < -0.4 is 0 Å². The van der Waals surface area contributed by atoms with Crippen molar-refractivity contribution in [1.29, 1.82) is 0 Å². The molecule has 0 saturated heterocycles. The van der Waals surface area contributed by atoms with E-state index in [-0.39, 0.29) is 0 Å². The number of benzene rings is 4. The number of hydrogen-bond donors (Lipinski definition) is 0. The molecule has 0 nitrogen and oxygen atoms in total. The summed E-state index contributed by atoms with van der Waals surface area (Å²) in [6.45, 7) is 8.01. The van der Waals surface area contributed by atoms with Crippen molar-refractivity contribution in [2.24, 2.45) is 0 Å². The van der Waals surface area contributed by atoms with Crippen LogP contribution in [0.15, 0.2) is 133 Å². The van der Waals surface area contributed by atoms with Crippen molar-refractivity contribution in [3.8, 4) is 33.4 Å². The molecule has 0 heterocycles. The minimum Gasteiger partial charge on any atom is -0.0990 e. The Hall–Kier alpha value is -3.42. The first-order valence-corrected chi connectivity index (χ1v) is 11.0. The van der Waals surface area contributed by atoms with Gasteiger partial charge in [0.2, 0.25) is 0 Å². The third-order valence-corrected chi connectivity index (χ3v) is 5.77. The Labute approximate surface area is 193 Å². The lowest BCUT2D eigenvalue weighted by molar-refractivity contribution is 1.52. The smallest absolute Gasteiger partial charge is 0.0181 e. The molecule has 0 bridgehead atoms. The van der Waals surface area contributed by atoms with E-state index in [1.807, 2.05) is 24.3 Å². The predicted octanol–water partition coefficient (Wildman–Crippen LogP) is 9.21. The molecule has 0 spiro atoms. The first kappa shape index (κ1) is 20.8. The normalized spacial score (nSPS) is 11.2. The summed E-state index contributed by atoms with van der Waals surface area (Å²) in [6.07, 6.45) is 5.74. The number of rotatable bonds is 6. The van der Waals surface area contributed by atoms with E-state index in [0.29, 0.717) is 0 Å². The van der Waals surface area contributed by atoms with Gasteiger partial charge in [-0.3, -0.25) is 0 Å². The van der Waals surface area contributed by atoms with E-state index in [4.69, 9.17) is 0 Å². The molecule has 4 aromatic rings. The summed E-state index contributed by atoms with van der Waals surface area (Å²) < 4.78 is 1.05. The topological polar surface area (TPSA) is 0 Å². The Morgan fingerprint density at radius 2 is 1.29 bits per heavy atom. The van der Waals surface area contributed by atoms with Crippen molar-refractivity contribution in [2.75, 3.05) is 0 Å². The number of hydrogen-bond acceptors (Lipinski definition) is 0. The molecule has 0 radical (unpaired) electrons. The van der Waals surface area contributed by atoms with Crippen molar-refractivity contribution in [1.82, 2.24) is 0 Å². The van der Waals surface area contributed by atoms with Gasteiger partial charge in [0.05, 0.1) is 0 Å². The molecule has 0 amide bonds. The predicted molar refractivity (Wildman–Crippen MR) is 139 cm³/mol. The lowest BCUT2D eigenvalue weighted by atomic mass is 9.84. The monoisotopic (exact) mass is 462 g/mol. The molecule has 0 unspecified atom stereocenters. The highest BCUT2D eigenvalue weighted by Gasteiger charge is 2.17. The van der Waals surface area contributed by atoms with Gasteiger partial charge in [0, 0.05) is 4.47 Å². The maximum atomic E-state index is 4.09. The van der Waals surface area contributed by atoms with Crippen molar-refractivity contribution in [2.45, 2.75) is 0 Å². The maximum absolute atomic E-state index is 4.09. The highest BCUT2D eigenvalue weighted by molar-refractivity contribution is 9.10. The summed E-state index contributed by atoms with van der Waals surface area (Å²) in [6, 6.07) is 34.1. The Morgan fingerprint density at radius 1 is 0.645 bits per heavy atom. The summed E-state index contributed by atoms with van der Waals surface area (Å²) in [5.74, 6) is 0. The molecule has 4 rings (SSSR count). The molecule has 0 N–H and O–H groups in total. The molecule has 0 fully saturated rings. The molecule has 0 aromatic heterocycles.